The molecule has 0 aliphatic carbocycles. The Morgan fingerprint density at radius 1 is 1.52 bits per heavy atom. The van der Waals surface area contributed by atoms with Crippen molar-refractivity contribution in [2.24, 2.45) is 5.92 Å². The molecule has 1 atom stereocenters. The van der Waals surface area contributed by atoms with Crippen LogP contribution in [0.3, 0.4) is 0 Å². The van der Waals surface area contributed by atoms with Crippen LogP contribution in [0.1, 0.15) is 38.6 Å². The first-order valence-corrected chi connectivity index (χ1v) is 7.26. The van der Waals surface area contributed by atoms with Crippen LogP contribution in [0, 0.1) is 5.92 Å². The van der Waals surface area contributed by atoms with Crippen molar-refractivity contribution in [3.05, 3.63) is 28.6 Å². The molecule has 1 saturated heterocycles. The molecule has 0 amide bonds. The number of rotatable bonds is 4. The molecule has 1 fully saturated rings. The molecule has 1 aliphatic heterocycles. The maximum atomic E-state index is 11.3. The first-order valence-electron chi connectivity index (χ1n) is 7.26. The van der Waals surface area contributed by atoms with Crippen molar-refractivity contribution in [3.63, 3.8) is 0 Å². The molecule has 3 heterocycles. The van der Waals surface area contributed by atoms with Crippen LogP contribution in [0.4, 0.5) is 0 Å². The van der Waals surface area contributed by atoms with Crippen molar-refractivity contribution in [2.75, 3.05) is 13.1 Å². The maximum absolute atomic E-state index is 11.3. The SMILES string of the molecule is CC(C)CN1CCC[C@H]1c1nc(-c2cc(=O)[nH]cn2)no1. The normalized spacial score (nSPS) is 19.5. The third kappa shape index (κ3) is 3.02. The maximum Gasteiger partial charge on any atom is 0.251 e. The molecule has 112 valence electrons. The van der Waals surface area contributed by atoms with E-state index >= 15 is 0 Å². The summed E-state index contributed by atoms with van der Waals surface area (Å²) < 4.78 is 5.40. The summed E-state index contributed by atoms with van der Waals surface area (Å²) in [6.07, 6.45) is 3.50. The largest absolute Gasteiger partial charge is 0.337 e. The summed E-state index contributed by atoms with van der Waals surface area (Å²) in [5.41, 5.74) is 0.204. The molecule has 1 aliphatic rings. The topological polar surface area (TPSA) is 87.9 Å². The second kappa shape index (κ2) is 5.77. The molecule has 7 nitrogen and oxygen atoms in total. The summed E-state index contributed by atoms with van der Waals surface area (Å²) in [4.78, 5) is 24.7. The van der Waals surface area contributed by atoms with Crippen molar-refractivity contribution in [1.82, 2.24) is 25.0 Å². The average Bonchev–Trinajstić information content (AvgIpc) is 3.06. The van der Waals surface area contributed by atoms with Gasteiger partial charge in [-0.2, -0.15) is 4.98 Å². The van der Waals surface area contributed by atoms with Gasteiger partial charge in [0.1, 0.15) is 5.69 Å². The van der Waals surface area contributed by atoms with Crippen molar-refractivity contribution in [3.8, 4) is 11.5 Å². The molecule has 0 saturated carbocycles. The zero-order valence-electron chi connectivity index (χ0n) is 12.2. The molecule has 0 aromatic carbocycles. The highest BCUT2D eigenvalue weighted by molar-refractivity contribution is 5.46. The van der Waals surface area contributed by atoms with E-state index in [2.05, 4.69) is 38.9 Å². The van der Waals surface area contributed by atoms with E-state index in [0.29, 0.717) is 23.3 Å². The molecule has 7 heteroatoms. The minimum absolute atomic E-state index is 0.177. The average molecular weight is 289 g/mol. The van der Waals surface area contributed by atoms with E-state index < -0.39 is 0 Å². The lowest BCUT2D eigenvalue weighted by atomic mass is 10.1. The Kier molecular flexibility index (Phi) is 3.83. The Labute approximate surface area is 122 Å². The van der Waals surface area contributed by atoms with Gasteiger partial charge in [-0.05, 0) is 25.3 Å². The Bertz CT molecular complexity index is 663. The van der Waals surface area contributed by atoms with Crippen molar-refractivity contribution < 1.29 is 4.52 Å². The van der Waals surface area contributed by atoms with Crippen LogP contribution < -0.4 is 5.56 Å². The van der Waals surface area contributed by atoms with Crippen molar-refractivity contribution in [1.29, 1.82) is 0 Å². The quantitative estimate of drug-likeness (QED) is 0.920. The van der Waals surface area contributed by atoms with Gasteiger partial charge in [0.25, 0.3) is 5.56 Å². The molecule has 21 heavy (non-hydrogen) atoms. The van der Waals surface area contributed by atoms with Gasteiger partial charge in [0.15, 0.2) is 0 Å². The fourth-order valence-electron chi connectivity index (χ4n) is 2.76. The van der Waals surface area contributed by atoms with Gasteiger partial charge in [0.2, 0.25) is 11.7 Å². The lowest BCUT2D eigenvalue weighted by Gasteiger charge is -2.23. The van der Waals surface area contributed by atoms with Gasteiger partial charge in [0.05, 0.1) is 12.4 Å². The second-order valence-corrected chi connectivity index (χ2v) is 5.80. The summed E-state index contributed by atoms with van der Waals surface area (Å²) in [5.74, 6) is 1.58. The fraction of sp³-hybridized carbons (Fsp3) is 0.571. The molecule has 3 rings (SSSR count). The summed E-state index contributed by atoms with van der Waals surface area (Å²) in [6.45, 7) is 6.49. The highest BCUT2D eigenvalue weighted by Gasteiger charge is 2.31. The predicted octanol–water partition coefficient (Wildman–Crippen LogP) is 1.61. The van der Waals surface area contributed by atoms with Crippen molar-refractivity contribution >= 4 is 0 Å². The van der Waals surface area contributed by atoms with Crippen LogP contribution in [-0.4, -0.2) is 38.1 Å². The van der Waals surface area contributed by atoms with E-state index in [1.54, 1.807) is 0 Å². The standard InChI is InChI=1S/C14H19N5O2/c1-9(2)7-19-5-3-4-11(19)14-17-13(18-21-14)10-6-12(20)16-8-15-10/h6,8-9,11H,3-5,7H2,1-2H3,(H,15,16,20)/t11-/m0/s1. The third-order valence-electron chi connectivity index (χ3n) is 3.60. The summed E-state index contributed by atoms with van der Waals surface area (Å²) in [7, 11) is 0. The van der Waals surface area contributed by atoms with Gasteiger partial charge in [-0.3, -0.25) is 9.69 Å². The number of aromatic amines is 1. The minimum atomic E-state index is -0.228. The van der Waals surface area contributed by atoms with Crippen molar-refractivity contribution in [2.45, 2.75) is 32.7 Å². The Hall–Kier alpha value is -2.02. The first-order chi connectivity index (χ1) is 10.1. The number of nitrogens with one attached hydrogen (secondary N) is 1. The third-order valence-corrected chi connectivity index (χ3v) is 3.60. The number of hydrogen-bond acceptors (Lipinski definition) is 6. The van der Waals surface area contributed by atoms with Crippen LogP contribution in [0.15, 0.2) is 21.7 Å². The first kappa shape index (κ1) is 13.9. The Morgan fingerprint density at radius 2 is 2.38 bits per heavy atom. The summed E-state index contributed by atoms with van der Waals surface area (Å²) in [5, 5.41) is 3.96. The number of aromatic nitrogens is 4. The van der Waals surface area contributed by atoms with Crippen LogP contribution in [0.5, 0.6) is 0 Å². The van der Waals surface area contributed by atoms with Gasteiger partial charge < -0.3 is 9.51 Å². The van der Waals surface area contributed by atoms with Crippen LogP contribution in [-0.2, 0) is 0 Å². The molecule has 2 aromatic heterocycles. The molecule has 2 aromatic rings. The van der Waals surface area contributed by atoms with Gasteiger partial charge in [-0.25, -0.2) is 4.98 Å². The lowest BCUT2D eigenvalue weighted by molar-refractivity contribution is 0.189. The molecular formula is C14H19N5O2. The highest BCUT2D eigenvalue weighted by atomic mass is 16.5. The van der Waals surface area contributed by atoms with E-state index in [0.717, 1.165) is 25.9 Å². The molecule has 0 unspecified atom stereocenters. The van der Waals surface area contributed by atoms with E-state index in [4.69, 9.17) is 4.52 Å². The van der Waals surface area contributed by atoms with Crippen LogP contribution in [0.2, 0.25) is 0 Å². The number of likely N-dealkylation sites (tertiary alicyclic amines) is 1. The molecule has 0 radical (unpaired) electrons. The van der Waals surface area contributed by atoms with Crippen LogP contribution in [0.25, 0.3) is 11.5 Å². The second-order valence-electron chi connectivity index (χ2n) is 5.80. The van der Waals surface area contributed by atoms with Gasteiger partial charge in [0, 0.05) is 12.6 Å². The Balaban J connectivity index is 1.83. The van der Waals surface area contributed by atoms with Crippen LogP contribution >= 0.6 is 0 Å². The Morgan fingerprint density at radius 3 is 3.14 bits per heavy atom. The molecule has 1 N–H and O–H groups in total. The number of H-pyrrole nitrogens is 1. The van der Waals surface area contributed by atoms with Gasteiger partial charge in [-0.15, -0.1) is 0 Å². The molecule has 0 bridgehead atoms. The van der Waals surface area contributed by atoms with E-state index in [-0.39, 0.29) is 11.6 Å². The van der Waals surface area contributed by atoms with E-state index in [9.17, 15) is 4.79 Å². The van der Waals surface area contributed by atoms with E-state index in [1.807, 2.05) is 0 Å². The highest BCUT2D eigenvalue weighted by Crippen LogP contribution is 2.32. The minimum Gasteiger partial charge on any atom is -0.337 e. The monoisotopic (exact) mass is 289 g/mol. The van der Waals surface area contributed by atoms with Gasteiger partial charge in [-0.1, -0.05) is 19.0 Å². The summed E-state index contributed by atoms with van der Waals surface area (Å²) in [6, 6.07) is 1.55. The number of hydrogen-bond donors (Lipinski definition) is 1. The zero-order valence-corrected chi connectivity index (χ0v) is 12.2. The fourth-order valence-corrected chi connectivity index (χ4v) is 2.76. The van der Waals surface area contributed by atoms with Gasteiger partial charge >= 0.3 is 0 Å². The molecular weight excluding hydrogens is 270 g/mol. The lowest BCUT2D eigenvalue weighted by Crippen LogP contribution is -2.27. The summed E-state index contributed by atoms with van der Waals surface area (Å²) >= 11 is 0. The van der Waals surface area contributed by atoms with E-state index in [1.165, 1.54) is 12.4 Å². The smallest absolute Gasteiger partial charge is 0.251 e. The number of nitrogens with zero attached hydrogens (tertiary/aromatic N) is 4. The molecule has 0 spiro atoms. The zero-order chi connectivity index (χ0) is 14.8. The predicted molar refractivity (Wildman–Crippen MR) is 76.5 cm³/mol.